The van der Waals surface area contributed by atoms with E-state index < -0.39 is 6.10 Å². The summed E-state index contributed by atoms with van der Waals surface area (Å²) in [7, 11) is 0. The molecule has 2 bridgehead atoms. The molecule has 190 valence electrons. The molecule has 0 aromatic carbocycles. The van der Waals surface area contributed by atoms with E-state index >= 15 is 0 Å². The molecule has 1 amide bonds. The Hall–Kier alpha value is -3.70. The molecule has 3 atom stereocenters. The largest absolute Gasteiger partial charge is 0.384 e. The van der Waals surface area contributed by atoms with Crippen molar-refractivity contribution in [3.05, 3.63) is 47.4 Å². The van der Waals surface area contributed by atoms with Crippen LogP contribution in [0.1, 0.15) is 61.5 Å². The molecule has 6 heterocycles. The van der Waals surface area contributed by atoms with Gasteiger partial charge in [-0.15, -0.1) is 11.3 Å². The Balaban J connectivity index is 1.41. The molecule has 0 radical (unpaired) electrons. The predicted octanol–water partition coefficient (Wildman–Crippen LogP) is 3.32. The van der Waals surface area contributed by atoms with E-state index in [1.165, 1.54) is 29.7 Å². The van der Waals surface area contributed by atoms with Crippen molar-refractivity contribution in [2.45, 2.75) is 63.6 Å². The molecule has 2 aliphatic rings. The van der Waals surface area contributed by atoms with Crippen molar-refractivity contribution in [3.8, 4) is 21.8 Å². The van der Waals surface area contributed by atoms with Gasteiger partial charge in [0, 0.05) is 46.9 Å². The highest BCUT2D eigenvalue weighted by Gasteiger charge is 2.45. The number of carbonyl (C=O) groups is 2. The van der Waals surface area contributed by atoms with Crippen LogP contribution in [0.25, 0.3) is 27.5 Å². The topological polar surface area (TPSA) is 140 Å². The maximum Gasteiger partial charge on any atom is 0.251 e. The Labute approximate surface area is 217 Å². The average Bonchev–Trinajstić information content (AvgIpc) is 3.62. The van der Waals surface area contributed by atoms with Gasteiger partial charge < -0.3 is 15.7 Å². The van der Waals surface area contributed by atoms with E-state index in [9.17, 15) is 14.7 Å². The van der Waals surface area contributed by atoms with E-state index in [0.717, 1.165) is 34.7 Å². The molecule has 6 rings (SSSR count). The van der Waals surface area contributed by atoms with Crippen LogP contribution < -0.4 is 5.73 Å². The summed E-state index contributed by atoms with van der Waals surface area (Å²) >= 11 is 1.53. The molecule has 37 heavy (non-hydrogen) atoms. The maximum absolute atomic E-state index is 12.8. The highest BCUT2D eigenvalue weighted by molar-refractivity contribution is 7.13. The van der Waals surface area contributed by atoms with Crippen LogP contribution in [0, 0.1) is 0 Å². The van der Waals surface area contributed by atoms with Gasteiger partial charge in [-0.25, -0.2) is 9.97 Å². The summed E-state index contributed by atoms with van der Waals surface area (Å²) in [5, 5.41) is 17.1. The SMILES string of the molecule is CC(=O)c1c(C2C[C@H]3CC[C@H](C2)N3C(=O)[C@@H](C)O)nc2c(-c3ccc(-c4nccs4)nc3)cnn2c1N. The van der Waals surface area contributed by atoms with E-state index in [4.69, 9.17) is 10.7 Å². The zero-order valence-corrected chi connectivity index (χ0v) is 21.4. The molecule has 0 spiro atoms. The van der Waals surface area contributed by atoms with Gasteiger partial charge in [-0.05, 0) is 45.6 Å². The summed E-state index contributed by atoms with van der Waals surface area (Å²) in [4.78, 5) is 41.1. The fourth-order valence-electron chi connectivity index (χ4n) is 5.90. The number of nitrogens with zero attached hydrogens (tertiary/aromatic N) is 6. The highest BCUT2D eigenvalue weighted by Crippen LogP contribution is 2.44. The van der Waals surface area contributed by atoms with Gasteiger partial charge in [0.2, 0.25) is 0 Å². The molecule has 2 aliphatic heterocycles. The third-order valence-electron chi connectivity index (χ3n) is 7.52. The number of aliphatic hydroxyl groups excluding tert-OH is 1. The Morgan fingerprint density at radius 1 is 1.16 bits per heavy atom. The van der Waals surface area contributed by atoms with Gasteiger partial charge in [-0.3, -0.25) is 14.6 Å². The lowest BCUT2D eigenvalue weighted by molar-refractivity contribution is -0.144. The van der Waals surface area contributed by atoms with Gasteiger partial charge in [0.15, 0.2) is 11.4 Å². The van der Waals surface area contributed by atoms with Crippen molar-refractivity contribution >= 4 is 34.5 Å². The van der Waals surface area contributed by atoms with Crippen molar-refractivity contribution in [1.29, 1.82) is 0 Å². The van der Waals surface area contributed by atoms with Crippen LogP contribution in [0.2, 0.25) is 0 Å². The number of nitrogens with two attached hydrogens (primary N) is 1. The van der Waals surface area contributed by atoms with Crippen LogP contribution in [0.3, 0.4) is 0 Å². The van der Waals surface area contributed by atoms with Gasteiger partial charge in [0.25, 0.3) is 5.91 Å². The van der Waals surface area contributed by atoms with Crippen LogP contribution in [0.15, 0.2) is 36.1 Å². The van der Waals surface area contributed by atoms with Crippen LogP contribution in [-0.4, -0.2) is 64.5 Å². The summed E-state index contributed by atoms with van der Waals surface area (Å²) in [6.45, 7) is 3.01. The zero-order chi connectivity index (χ0) is 25.8. The molecule has 2 fully saturated rings. The Morgan fingerprint density at radius 3 is 2.51 bits per heavy atom. The van der Waals surface area contributed by atoms with Crippen LogP contribution in [-0.2, 0) is 4.79 Å². The first-order chi connectivity index (χ1) is 17.8. The van der Waals surface area contributed by atoms with Crippen LogP contribution in [0.5, 0.6) is 0 Å². The molecule has 10 nitrogen and oxygen atoms in total. The van der Waals surface area contributed by atoms with Crippen molar-refractivity contribution in [2.24, 2.45) is 0 Å². The standard InChI is InChI=1S/C26H27N7O3S/c1-13(34)21-22(16-9-17-4-5-18(10-16)32(17)26(36)14(2)35)31-24-19(12-30-33(24)23(21)27)15-3-6-20(29-11-15)25-28-7-8-37-25/h3,6-8,11-12,14,16-18,35H,4-5,9-10,27H2,1-2H3/t14-,17-,18-/m1/s1. The van der Waals surface area contributed by atoms with Crippen molar-refractivity contribution in [3.63, 3.8) is 0 Å². The van der Waals surface area contributed by atoms with Gasteiger partial charge in [0.05, 0.1) is 23.1 Å². The van der Waals surface area contributed by atoms with E-state index in [2.05, 4.69) is 15.1 Å². The number of carbonyl (C=O) groups excluding carboxylic acids is 2. The molecule has 0 unspecified atom stereocenters. The molecule has 0 aliphatic carbocycles. The first kappa shape index (κ1) is 23.7. The molecular weight excluding hydrogens is 490 g/mol. The summed E-state index contributed by atoms with van der Waals surface area (Å²) in [5.74, 6) is -0.161. The minimum absolute atomic E-state index is 0.0110. The number of pyridine rings is 1. The molecule has 0 saturated carbocycles. The molecule has 4 aromatic heterocycles. The fraction of sp³-hybridized carbons (Fsp3) is 0.385. The van der Waals surface area contributed by atoms with Crippen molar-refractivity contribution in [2.75, 3.05) is 5.73 Å². The molecule has 2 saturated heterocycles. The average molecular weight is 518 g/mol. The molecule has 11 heteroatoms. The minimum Gasteiger partial charge on any atom is -0.384 e. The van der Waals surface area contributed by atoms with E-state index in [0.29, 0.717) is 29.7 Å². The van der Waals surface area contributed by atoms with Crippen LogP contribution >= 0.6 is 11.3 Å². The second kappa shape index (κ2) is 9.00. The third kappa shape index (κ3) is 3.89. The van der Waals surface area contributed by atoms with Gasteiger partial charge >= 0.3 is 0 Å². The number of hydrogen-bond donors (Lipinski definition) is 2. The van der Waals surface area contributed by atoms with Gasteiger partial charge in [-0.1, -0.05) is 6.07 Å². The van der Waals surface area contributed by atoms with Crippen molar-refractivity contribution < 1.29 is 14.7 Å². The number of ketones is 1. The maximum atomic E-state index is 12.8. The second-order valence-electron chi connectivity index (χ2n) is 9.85. The second-order valence-corrected chi connectivity index (χ2v) is 10.7. The van der Waals surface area contributed by atoms with Crippen molar-refractivity contribution in [1.82, 2.24) is 29.5 Å². The molecular formula is C26H27N7O3S. The number of Topliss-reactive ketones (excluding diaryl/α,β-unsaturated/α-hetero) is 1. The van der Waals surface area contributed by atoms with E-state index in [1.807, 2.05) is 22.4 Å². The Kier molecular flexibility index (Phi) is 5.76. The first-order valence-corrected chi connectivity index (χ1v) is 13.3. The van der Waals surface area contributed by atoms with Gasteiger partial charge in [0.1, 0.15) is 16.9 Å². The molecule has 4 aromatic rings. The minimum atomic E-state index is -1.03. The van der Waals surface area contributed by atoms with Crippen LogP contribution in [0.4, 0.5) is 5.82 Å². The lowest BCUT2D eigenvalue weighted by atomic mass is 9.85. The van der Waals surface area contributed by atoms with Gasteiger partial charge in [-0.2, -0.15) is 9.61 Å². The first-order valence-electron chi connectivity index (χ1n) is 12.4. The summed E-state index contributed by atoms with van der Waals surface area (Å²) in [6, 6.07) is 3.89. The number of anilines is 1. The predicted molar refractivity (Wildman–Crippen MR) is 139 cm³/mol. The highest BCUT2D eigenvalue weighted by atomic mass is 32.1. The number of piperidine rings is 1. The Bertz CT molecular complexity index is 1480. The number of amides is 1. The lowest BCUT2D eigenvalue weighted by Gasteiger charge is -2.39. The number of aromatic nitrogens is 5. The van der Waals surface area contributed by atoms with E-state index in [1.54, 1.807) is 18.6 Å². The molecule has 3 N–H and O–H groups in total. The summed E-state index contributed by atoms with van der Waals surface area (Å²) in [6.07, 6.45) is 7.28. The fourth-order valence-corrected chi connectivity index (χ4v) is 6.51. The Morgan fingerprint density at radius 2 is 1.92 bits per heavy atom. The third-order valence-corrected chi connectivity index (χ3v) is 8.32. The summed E-state index contributed by atoms with van der Waals surface area (Å²) < 4.78 is 1.52. The summed E-state index contributed by atoms with van der Waals surface area (Å²) in [5.41, 5.74) is 10.5. The monoisotopic (exact) mass is 517 g/mol. The normalized spacial score (nSPS) is 21.9. The number of aliphatic hydroxyl groups is 1. The number of fused-ring (bicyclic) bond motifs is 3. The number of hydrogen-bond acceptors (Lipinski definition) is 9. The number of thiazole rings is 1. The lowest BCUT2D eigenvalue weighted by Crippen LogP contribution is -2.49. The van der Waals surface area contributed by atoms with E-state index in [-0.39, 0.29) is 35.5 Å². The zero-order valence-electron chi connectivity index (χ0n) is 20.5. The smallest absolute Gasteiger partial charge is 0.251 e. The number of nitrogen functional groups attached to an aromatic ring is 1. The number of rotatable bonds is 5. The quantitative estimate of drug-likeness (QED) is 0.384.